The van der Waals surface area contributed by atoms with E-state index in [0.717, 1.165) is 4.57 Å². The molecule has 0 unspecified atom stereocenters. The van der Waals surface area contributed by atoms with E-state index in [-0.39, 0.29) is 37.2 Å². The topological polar surface area (TPSA) is 71.8 Å². The summed E-state index contributed by atoms with van der Waals surface area (Å²) in [5.41, 5.74) is 0.905. The van der Waals surface area contributed by atoms with Gasteiger partial charge >= 0.3 is 12.2 Å². The van der Waals surface area contributed by atoms with E-state index < -0.39 is 23.8 Å². The first-order valence-corrected chi connectivity index (χ1v) is 8.49. The molecule has 1 aromatic carbocycles. The number of urea groups is 1. The first-order valence-electron chi connectivity index (χ1n) is 8.49. The van der Waals surface area contributed by atoms with Crippen molar-refractivity contribution in [3.05, 3.63) is 59.8 Å². The molecule has 0 aliphatic rings. The summed E-state index contributed by atoms with van der Waals surface area (Å²) in [4.78, 5) is 19.4. The van der Waals surface area contributed by atoms with Crippen molar-refractivity contribution in [3.63, 3.8) is 0 Å². The van der Waals surface area contributed by atoms with E-state index in [9.17, 15) is 22.4 Å². The molecule has 0 aliphatic carbocycles. The molecule has 2 amide bonds. The molecule has 10 heteroatoms. The lowest BCUT2D eigenvalue weighted by atomic mass is 10.2. The number of nitrogens with one attached hydrogen (secondary N) is 2. The molecule has 0 saturated heterocycles. The van der Waals surface area contributed by atoms with Crippen LogP contribution in [0.2, 0.25) is 0 Å². The fourth-order valence-electron chi connectivity index (χ4n) is 2.72. The van der Waals surface area contributed by atoms with Gasteiger partial charge in [-0.05, 0) is 36.2 Å². The highest BCUT2D eigenvalue weighted by Gasteiger charge is 2.37. The summed E-state index contributed by atoms with van der Waals surface area (Å²) >= 11 is 0. The Labute approximate surface area is 157 Å². The normalized spacial score (nSPS) is 11.6. The van der Waals surface area contributed by atoms with Gasteiger partial charge in [0, 0.05) is 25.8 Å². The van der Waals surface area contributed by atoms with Crippen molar-refractivity contribution in [1.82, 2.24) is 25.2 Å². The molecule has 2 heterocycles. The Hall–Kier alpha value is -3.17. The minimum atomic E-state index is -4.60. The molecular weight excluding hydrogens is 378 g/mol. The number of alkyl halides is 3. The standard InChI is InChI=1S/C18H17F4N5O/c19-13-5-1-4-12(10-13)11-25-17(28)24-8-3-9-27-15-14(6-2-7-23-15)26-16(27)18(20,21)22/h1-2,4-7,10H,3,8-9,11H2,(H2,24,25,28). The summed E-state index contributed by atoms with van der Waals surface area (Å²) in [6.07, 6.45) is -2.95. The van der Waals surface area contributed by atoms with Crippen molar-refractivity contribution in [2.45, 2.75) is 25.7 Å². The Bertz CT molecular complexity index is 970. The number of amides is 2. The zero-order valence-electron chi connectivity index (χ0n) is 14.6. The van der Waals surface area contributed by atoms with Gasteiger partial charge in [0.25, 0.3) is 0 Å². The van der Waals surface area contributed by atoms with Crippen LogP contribution in [0.3, 0.4) is 0 Å². The van der Waals surface area contributed by atoms with Gasteiger partial charge in [-0.15, -0.1) is 0 Å². The number of nitrogens with zero attached hydrogens (tertiary/aromatic N) is 3. The number of benzene rings is 1. The maximum absolute atomic E-state index is 13.2. The molecule has 0 spiro atoms. The van der Waals surface area contributed by atoms with Gasteiger partial charge in [-0.25, -0.2) is 19.2 Å². The van der Waals surface area contributed by atoms with E-state index in [1.165, 1.54) is 36.5 Å². The van der Waals surface area contributed by atoms with Crippen molar-refractivity contribution >= 4 is 17.2 Å². The average Bonchev–Trinajstić information content (AvgIpc) is 3.03. The largest absolute Gasteiger partial charge is 0.449 e. The van der Waals surface area contributed by atoms with Gasteiger partial charge in [-0.3, -0.25) is 0 Å². The van der Waals surface area contributed by atoms with Gasteiger partial charge in [0.1, 0.15) is 11.3 Å². The summed E-state index contributed by atoms with van der Waals surface area (Å²) < 4.78 is 53.7. The third-order valence-corrected chi connectivity index (χ3v) is 3.94. The van der Waals surface area contributed by atoms with E-state index in [1.54, 1.807) is 6.07 Å². The lowest BCUT2D eigenvalue weighted by Crippen LogP contribution is -2.36. The number of aromatic nitrogens is 3. The predicted molar refractivity (Wildman–Crippen MR) is 93.8 cm³/mol. The minimum absolute atomic E-state index is 0.00741. The number of pyridine rings is 1. The maximum atomic E-state index is 13.2. The van der Waals surface area contributed by atoms with Crippen LogP contribution in [0.1, 0.15) is 17.8 Å². The maximum Gasteiger partial charge on any atom is 0.449 e. The molecule has 2 aromatic heterocycles. The SMILES string of the molecule is O=C(NCCCn1c(C(F)(F)F)nc2cccnc21)NCc1cccc(F)c1. The Morgan fingerprint density at radius 1 is 1.14 bits per heavy atom. The molecule has 0 atom stereocenters. The van der Waals surface area contributed by atoms with Crippen LogP contribution < -0.4 is 10.6 Å². The lowest BCUT2D eigenvalue weighted by Gasteiger charge is -2.11. The molecule has 28 heavy (non-hydrogen) atoms. The number of carbonyl (C=O) groups is 1. The van der Waals surface area contributed by atoms with E-state index in [4.69, 9.17) is 0 Å². The second-order valence-electron chi connectivity index (χ2n) is 6.02. The smallest absolute Gasteiger partial charge is 0.338 e. The summed E-state index contributed by atoms with van der Waals surface area (Å²) in [7, 11) is 0. The van der Waals surface area contributed by atoms with Crippen molar-refractivity contribution < 1.29 is 22.4 Å². The zero-order chi connectivity index (χ0) is 20.1. The molecule has 3 aromatic rings. The number of fused-ring (bicyclic) bond motifs is 1. The molecule has 0 bridgehead atoms. The number of halogens is 4. The number of aryl methyl sites for hydroxylation is 1. The summed E-state index contributed by atoms with van der Waals surface area (Å²) in [6.45, 7) is 0.281. The van der Waals surface area contributed by atoms with Crippen LogP contribution >= 0.6 is 0 Å². The third kappa shape index (κ3) is 4.76. The molecule has 0 saturated carbocycles. The first-order chi connectivity index (χ1) is 13.3. The van der Waals surface area contributed by atoms with Crippen LogP contribution in [0.25, 0.3) is 11.2 Å². The molecule has 3 rings (SSSR count). The van der Waals surface area contributed by atoms with Crippen molar-refractivity contribution in [2.24, 2.45) is 0 Å². The van der Waals surface area contributed by atoms with E-state index >= 15 is 0 Å². The lowest BCUT2D eigenvalue weighted by molar-refractivity contribution is -0.147. The molecule has 0 aliphatic heterocycles. The molecule has 2 N–H and O–H groups in total. The third-order valence-electron chi connectivity index (χ3n) is 3.94. The van der Waals surface area contributed by atoms with E-state index in [0.29, 0.717) is 5.56 Å². The molecular formula is C18H17F4N5O. The molecule has 0 fully saturated rings. The Kier molecular flexibility index (Phi) is 5.76. The molecule has 0 radical (unpaired) electrons. The van der Waals surface area contributed by atoms with Gasteiger partial charge < -0.3 is 15.2 Å². The van der Waals surface area contributed by atoms with E-state index in [1.807, 2.05) is 0 Å². The number of rotatable bonds is 6. The van der Waals surface area contributed by atoms with Crippen LogP contribution in [-0.4, -0.2) is 27.1 Å². The van der Waals surface area contributed by atoms with Crippen LogP contribution in [0.5, 0.6) is 0 Å². The van der Waals surface area contributed by atoms with Crippen LogP contribution in [-0.2, 0) is 19.3 Å². The second-order valence-corrected chi connectivity index (χ2v) is 6.02. The highest BCUT2D eigenvalue weighted by atomic mass is 19.4. The Morgan fingerprint density at radius 2 is 1.96 bits per heavy atom. The van der Waals surface area contributed by atoms with Gasteiger partial charge in [-0.1, -0.05) is 12.1 Å². The quantitative estimate of drug-likeness (QED) is 0.496. The summed E-state index contributed by atoms with van der Waals surface area (Å²) in [5.74, 6) is -1.42. The summed E-state index contributed by atoms with van der Waals surface area (Å²) in [6, 6.07) is 8.29. The fourth-order valence-corrected chi connectivity index (χ4v) is 2.72. The highest BCUT2D eigenvalue weighted by Crippen LogP contribution is 2.30. The van der Waals surface area contributed by atoms with Crippen molar-refractivity contribution in [2.75, 3.05) is 6.54 Å². The van der Waals surface area contributed by atoms with Gasteiger partial charge in [-0.2, -0.15) is 13.2 Å². The number of carbonyl (C=O) groups excluding carboxylic acids is 1. The molecule has 6 nitrogen and oxygen atoms in total. The van der Waals surface area contributed by atoms with Crippen LogP contribution in [0.15, 0.2) is 42.6 Å². The zero-order valence-corrected chi connectivity index (χ0v) is 14.6. The Balaban J connectivity index is 1.53. The highest BCUT2D eigenvalue weighted by molar-refractivity contribution is 5.73. The van der Waals surface area contributed by atoms with E-state index in [2.05, 4.69) is 20.6 Å². The van der Waals surface area contributed by atoms with Crippen molar-refractivity contribution in [1.29, 1.82) is 0 Å². The second kappa shape index (κ2) is 8.24. The fraction of sp³-hybridized carbons (Fsp3) is 0.278. The number of hydrogen-bond donors (Lipinski definition) is 2. The average molecular weight is 395 g/mol. The number of imidazole rings is 1. The minimum Gasteiger partial charge on any atom is -0.338 e. The van der Waals surface area contributed by atoms with Gasteiger partial charge in [0.15, 0.2) is 5.65 Å². The van der Waals surface area contributed by atoms with Crippen LogP contribution in [0.4, 0.5) is 22.4 Å². The molecule has 148 valence electrons. The summed E-state index contributed by atoms with van der Waals surface area (Å²) in [5, 5.41) is 5.11. The van der Waals surface area contributed by atoms with Gasteiger partial charge in [0.2, 0.25) is 5.82 Å². The monoisotopic (exact) mass is 395 g/mol. The number of hydrogen-bond acceptors (Lipinski definition) is 3. The van der Waals surface area contributed by atoms with Gasteiger partial charge in [0.05, 0.1) is 0 Å². The first kappa shape index (κ1) is 19.6. The van der Waals surface area contributed by atoms with Crippen LogP contribution in [0, 0.1) is 5.82 Å². The van der Waals surface area contributed by atoms with Crippen molar-refractivity contribution in [3.8, 4) is 0 Å². The predicted octanol–water partition coefficient (Wildman–Crippen LogP) is 3.48. The Morgan fingerprint density at radius 3 is 2.71 bits per heavy atom.